The maximum Gasteiger partial charge on any atom is 0.264 e. The molecule has 1 unspecified atom stereocenters. The molecule has 3 aromatic rings. The summed E-state index contributed by atoms with van der Waals surface area (Å²) in [5.41, 5.74) is 3.56. The van der Waals surface area contributed by atoms with E-state index in [1.54, 1.807) is 49.4 Å². The lowest BCUT2D eigenvalue weighted by atomic mass is 10.1. The van der Waals surface area contributed by atoms with E-state index in [4.69, 9.17) is 23.2 Å². The van der Waals surface area contributed by atoms with Crippen molar-refractivity contribution < 1.29 is 18.0 Å². The summed E-state index contributed by atoms with van der Waals surface area (Å²) >= 11 is 12.8. The number of aryl methyl sites for hydroxylation is 3. The van der Waals surface area contributed by atoms with Crippen LogP contribution in [0, 0.1) is 20.8 Å². The first-order valence-electron chi connectivity index (χ1n) is 12.9. The summed E-state index contributed by atoms with van der Waals surface area (Å²) in [5, 5.41) is 3.49. The lowest BCUT2D eigenvalue weighted by Gasteiger charge is -2.32. The highest BCUT2D eigenvalue weighted by atomic mass is 35.5. The highest BCUT2D eigenvalue weighted by Crippen LogP contribution is 2.29. The van der Waals surface area contributed by atoms with Gasteiger partial charge in [0.15, 0.2) is 0 Å². The maximum atomic E-state index is 14.0. The summed E-state index contributed by atoms with van der Waals surface area (Å²) < 4.78 is 29.0. The van der Waals surface area contributed by atoms with Crippen LogP contribution in [0.2, 0.25) is 10.0 Å². The van der Waals surface area contributed by atoms with Crippen molar-refractivity contribution in [3.63, 3.8) is 0 Å². The van der Waals surface area contributed by atoms with Crippen LogP contribution in [0.1, 0.15) is 43.0 Å². The van der Waals surface area contributed by atoms with Crippen LogP contribution >= 0.6 is 23.2 Å². The molecule has 7 nitrogen and oxygen atoms in total. The second-order valence-corrected chi connectivity index (χ2v) is 12.8. The predicted molar refractivity (Wildman–Crippen MR) is 161 cm³/mol. The lowest BCUT2D eigenvalue weighted by Crippen LogP contribution is -2.52. The number of amides is 2. The number of halogens is 2. The van der Waals surface area contributed by atoms with Gasteiger partial charge in [0.25, 0.3) is 10.0 Å². The van der Waals surface area contributed by atoms with Gasteiger partial charge in [-0.1, -0.05) is 53.0 Å². The summed E-state index contributed by atoms with van der Waals surface area (Å²) in [6.07, 6.45) is 0. The van der Waals surface area contributed by atoms with Gasteiger partial charge in [-0.05, 0) is 89.1 Å². The van der Waals surface area contributed by atoms with Crippen LogP contribution in [0.4, 0.5) is 5.69 Å². The Kier molecular flexibility index (Phi) is 10.3. The molecule has 0 aliphatic carbocycles. The molecule has 2 amide bonds. The summed E-state index contributed by atoms with van der Waals surface area (Å²) in [6, 6.07) is 15.5. The Hall–Kier alpha value is -3.07. The SMILES string of the molecule is Cc1ccc(S(=O)(=O)N(CC(=O)N(Cc2c(Cl)cccc2Cl)C(C)C(=O)NC(C)C)c2ccc(C)c(C)c2)cc1. The highest BCUT2D eigenvalue weighted by molar-refractivity contribution is 7.92. The van der Waals surface area contributed by atoms with Crippen LogP contribution in [0.5, 0.6) is 0 Å². The summed E-state index contributed by atoms with van der Waals surface area (Å²) in [4.78, 5) is 28.4. The third-order valence-electron chi connectivity index (χ3n) is 6.65. The third kappa shape index (κ3) is 7.36. The van der Waals surface area contributed by atoms with E-state index in [0.29, 0.717) is 21.3 Å². The summed E-state index contributed by atoms with van der Waals surface area (Å²) in [5.74, 6) is -0.970. The minimum absolute atomic E-state index is 0.0513. The Bertz CT molecular complexity index is 1470. The zero-order chi connectivity index (χ0) is 29.8. The van der Waals surface area contributed by atoms with Crippen LogP contribution in [0.25, 0.3) is 0 Å². The van der Waals surface area contributed by atoms with Crippen molar-refractivity contribution in [3.8, 4) is 0 Å². The van der Waals surface area contributed by atoms with Crippen molar-refractivity contribution in [1.29, 1.82) is 0 Å². The van der Waals surface area contributed by atoms with Crippen LogP contribution in [0.3, 0.4) is 0 Å². The molecular formula is C30H35Cl2N3O4S. The van der Waals surface area contributed by atoms with Crippen molar-refractivity contribution in [2.24, 2.45) is 0 Å². The molecule has 0 radical (unpaired) electrons. The van der Waals surface area contributed by atoms with Crippen molar-refractivity contribution >= 4 is 50.7 Å². The van der Waals surface area contributed by atoms with Gasteiger partial charge in [-0.3, -0.25) is 13.9 Å². The minimum Gasteiger partial charge on any atom is -0.352 e. The van der Waals surface area contributed by atoms with Crippen molar-refractivity contribution in [3.05, 3.63) is 93.0 Å². The van der Waals surface area contributed by atoms with Gasteiger partial charge in [-0.25, -0.2) is 8.42 Å². The van der Waals surface area contributed by atoms with E-state index in [2.05, 4.69) is 5.32 Å². The van der Waals surface area contributed by atoms with Crippen LogP contribution in [-0.4, -0.2) is 43.8 Å². The molecule has 0 aliphatic rings. The molecule has 40 heavy (non-hydrogen) atoms. The topological polar surface area (TPSA) is 86.8 Å². The average molecular weight is 605 g/mol. The molecule has 0 fully saturated rings. The van der Waals surface area contributed by atoms with Crippen molar-refractivity contribution in [1.82, 2.24) is 10.2 Å². The normalized spacial score (nSPS) is 12.2. The molecule has 0 bridgehead atoms. The van der Waals surface area contributed by atoms with Gasteiger partial charge >= 0.3 is 0 Å². The van der Waals surface area contributed by atoms with Gasteiger partial charge in [-0.15, -0.1) is 0 Å². The van der Waals surface area contributed by atoms with Gasteiger partial charge < -0.3 is 10.2 Å². The molecular weight excluding hydrogens is 569 g/mol. The molecule has 0 aliphatic heterocycles. The van der Waals surface area contributed by atoms with Crippen molar-refractivity contribution in [2.75, 3.05) is 10.8 Å². The second kappa shape index (κ2) is 13.1. The number of hydrogen-bond acceptors (Lipinski definition) is 4. The molecule has 1 N–H and O–H groups in total. The lowest BCUT2D eigenvalue weighted by molar-refractivity contribution is -0.139. The highest BCUT2D eigenvalue weighted by Gasteiger charge is 2.33. The molecule has 1 atom stereocenters. The largest absolute Gasteiger partial charge is 0.352 e. The molecule has 0 saturated heterocycles. The monoisotopic (exact) mass is 603 g/mol. The van der Waals surface area contributed by atoms with Gasteiger partial charge in [0, 0.05) is 28.2 Å². The Balaban J connectivity index is 2.10. The zero-order valence-electron chi connectivity index (χ0n) is 23.5. The molecule has 10 heteroatoms. The Morgan fingerprint density at radius 2 is 1.48 bits per heavy atom. The van der Waals surface area contributed by atoms with Crippen LogP contribution in [-0.2, 0) is 26.2 Å². The van der Waals surface area contributed by atoms with E-state index >= 15 is 0 Å². The first-order chi connectivity index (χ1) is 18.7. The summed E-state index contributed by atoms with van der Waals surface area (Å²) in [7, 11) is -4.15. The number of carbonyl (C=O) groups is 2. The molecule has 0 saturated carbocycles. The number of carbonyl (C=O) groups excluding carboxylic acids is 2. The van der Waals surface area contributed by atoms with Crippen LogP contribution in [0.15, 0.2) is 65.6 Å². The Morgan fingerprint density at radius 3 is 2.02 bits per heavy atom. The maximum absolute atomic E-state index is 14.0. The molecule has 0 aromatic heterocycles. The van der Waals surface area contributed by atoms with Gasteiger partial charge in [-0.2, -0.15) is 0 Å². The number of benzene rings is 3. The Labute approximate surface area is 247 Å². The van der Waals surface area contributed by atoms with Crippen LogP contribution < -0.4 is 9.62 Å². The zero-order valence-corrected chi connectivity index (χ0v) is 25.9. The third-order valence-corrected chi connectivity index (χ3v) is 9.15. The smallest absolute Gasteiger partial charge is 0.264 e. The molecule has 0 spiro atoms. The fourth-order valence-electron chi connectivity index (χ4n) is 4.09. The second-order valence-electron chi connectivity index (χ2n) is 10.2. The molecule has 3 rings (SSSR count). The van der Waals surface area contributed by atoms with E-state index in [1.165, 1.54) is 17.0 Å². The van der Waals surface area contributed by atoms with E-state index in [0.717, 1.165) is 21.0 Å². The fraction of sp³-hybridized carbons (Fsp3) is 0.333. The number of nitrogens with zero attached hydrogens (tertiary/aromatic N) is 2. The van der Waals surface area contributed by atoms with E-state index in [-0.39, 0.29) is 23.4 Å². The van der Waals surface area contributed by atoms with E-state index < -0.39 is 28.5 Å². The minimum atomic E-state index is -4.15. The number of rotatable bonds is 10. The first kappa shape index (κ1) is 31.5. The molecule has 3 aromatic carbocycles. The van der Waals surface area contributed by atoms with Gasteiger partial charge in [0.05, 0.1) is 10.6 Å². The van der Waals surface area contributed by atoms with Gasteiger partial charge in [0.2, 0.25) is 11.8 Å². The Morgan fingerprint density at radius 1 is 0.875 bits per heavy atom. The standard InChI is InChI=1S/C30H35Cl2N3O4S/c1-19(2)33-30(37)23(6)34(17-26-27(31)8-7-9-28(26)32)29(36)18-35(24-13-12-21(4)22(5)16-24)40(38,39)25-14-10-20(3)11-15-25/h7-16,19,23H,17-18H2,1-6H3,(H,33,37). The quantitative estimate of drug-likeness (QED) is 0.305. The summed E-state index contributed by atoms with van der Waals surface area (Å²) in [6.45, 7) is 10.3. The fourth-order valence-corrected chi connectivity index (χ4v) is 6.01. The average Bonchev–Trinajstić information content (AvgIpc) is 2.88. The number of sulfonamides is 1. The molecule has 214 valence electrons. The van der Waals surface area contributed by atoms with Crippen molar-refractivity contribution in [2.45, 2.75) is 65.1 Å². The van der Waals surface area contributed by atoms with E-state index in [1.807, 2.05) is 40.7 Å². The molecule has 0 heterocycles. The number of hydrogen-bond donors (Lipinski definition) is 1. The number of anilines is 1. The van der Waals surface area contributed by atoms with Gasteiger partial charge in [0.1, 0.15) is 12.6 Å². The van der Waals surface area contributed by atoms with E-state index in [9.17, 15) is 18.0 Å². The number of nitrogens with one attached hydrogen (secondary N) is 1. The first-order valence-corrected chi connectivity index (χ1v) is 15.1. The predicted octanol–water partition coefficient (Wildman–Crippen LogP) is 6.06.